The van der Waals surface area contributed by atoms with Crippen LogP contribution in [-0.2, 0) is 17.5 Å². The molecule has 0 aliphatic carbocycles. The molecule has 1 N–H and O–H groups in total. The number of carbonyl (C=O) groups excluding carboxylic acids is 1. The molecule has 1 fully saturated rings. The van der Waals surface area contributed by atoms with Crippen LogP contribution in [0.4, 0.5) is 13.2 Å². The molecule has 3 heterocycles. The van der Waals surface area contributed by atoms with E-state index in [1.165, 1.54) is 6.20 Å². The monoisotopic (exact) mass is 341 g/mol. The topological polar surface area (TPSA) is 66.8 Å². The van der Waals surface area contributed by atoms with E-state index in [0.29, 0.717) is 13.1 Å². The maximum absolute atomic E-state index is 12.6. The molecule has 2 aromatic heterocycles. The van der Waals surface area contributed by atoms with Crippen molar-refractivity contribution in [1.82, 2.24) is 24.6 Å². The van der Waals surface area contributed by atoms with Gasteiger partial charge in [0.1, 0.15) is 12.4 Å². The van der Waals surface area contributed by atoms with Gasteiger partial charge in [0.25, 0.3) is 0 Å². The number of amides is 1. The molecule has 0 unspecified atom stereocenters. The van der Waals surface area contributed by atoms with E-state index in [9.17, 15) is 18.0 Å². The molecule has 1 amide bonds. The zero-order valence-electron chi connectivity index (χ0n) is 13.2. The van der Waals surface area contributed by atoms with Crippen molar-refractivity contribution < 1.29 is 18.0 Å². The Kier molecular flexibility index (Phi) is 4.33. The first-order chi connectivity index (χ1) is 11.3. The largest absolute Gasteiger partial charge is 0.435 e. The lowest BCUT2D eigenvalue weighted by molar-refractivity contribution is -0.142. The Morgan fingerprint density at radius 3 is 2.88 bits per heavy atom. The molecule has 9 heteroatoms. The second-order valence-corrected chi connectivity index (χ2v) is 6.03. The SMILES string of the molecule is Cc1cnc([C@H]2CCCN(C(=O)Cn3ccc(C(F)(F)F)n3)C2)[nH]1. The van der Waals surface area contributed by atoms with Crippen LogP contribution in [0.15, 0.2) is 18.5 Å². The van der Waals surface area contributed by atoms with Gasteiger partial charge in [-0.2, -0.15) is 18.3 Å². The average molecular weight is 341 g/mol. The molecule has 0 aromatic carbocycles. The molecule has 2 aromatic rings. The number of rotatable bonds is 3. The van der Waals surface area contributed by atoms with Gasteiger partial charge in [-0.15, -0.1) is 0 Å². The normalized spacial score (nSPS) is 18.8. The number of aromatic amines is 1. The fourth-order valence-electron chi connectivity index (χ4n) is 2.91. The molecule has 0 bridgehead atoms. The van der Waals surface area contributed by atoms with Gasteiger partial charge in [-0.3, -0.25) is 9.48 Å². The van der Waals surface area contributed by atoms with E-state index < -0.39 is 11.9 Å². The van der Waals surface area contributed by atoms with Crippen LogP contribution in [0.25, 0.3) is 0 Å². The van der Waals surface area contributed by atoms with E-state index in [-0.39, 0.29) is 18.4 Å². The first-order valence-corrected chi connectivity index (χ1v) is 7.73. The summed E-state index contributed by atoms with van der Waals surface area (Å²) in [5, 5.41) is 3.42. The number of alkyl halides is 3. The van der Waals surface area contributed by atoms with Crippen molar-refractivity contribution in [1.29, 1.82) is 0 Å². The number of nitrogens with zero attached hydrogens (tertiary/aromatic N) is 4. The predicted octanol–water partition coefficient (Wildman–Crippen LogP) is 2.34. The summed E-state index contributed by atoms with van der Waals surface area (Å²) in [6, 6.07) is 0.873. The van der Waals surface area contributed by atoms with Gasteiger partial charge in [-0.05, 0) is 25.8 Å². The summed E-state index contributed by atoms with van der Waals surface area (Å²) in [7, 11) is 0. The molecule has 1 saturated heterocycles. The van der Waals surface area contributed by atoms with Crippen molar-refractivity contribution in [2.24, 2.45) is 0 Å². The quantitative estimate of drug-likeness (QED) is 0.932. The Hall–Kier alpha value is -2.32. The maximum Gasteiger partial charge on any atom is 0.435 e. The Labute approximate surface area is 136 Å². The van der Waals surface area contributed by atoms with Crippen LogP contribution < -0.4 is 0 Å². The Bertz CT molecular complexity index is 721. The minimum absolute atomic E-state index is 0.125. The molecule has 1 aliphatic rings. The number of imidazole rings is 1. The van der Waals surface area contributed by atoms with Crippen LogP contribution >= 0.6 is 0 Å². The first-order valence-electron chi connectivity index (χ1n) is 7.73. The molecule has 6 nitrogen and oxygen atoms in total. The molecule has 0 spiro atoms. The molecule has 3 rings (SSSR count). The molecular weight excluding hydrogens is 323 g/mol. The highest BCUT2D eigenvalue weighted by molar-refractivity contribution is 5.76. The lowest BCUT2D eigenvalue weighted by Crippen LogP contribution is -2.41. The summed E-state index contributed by atoms with van der Waals surface area (Å²) in [6.07, 6.45) is 0.192. The van der Waals surface area contributed by atoms with Gasteiger partial charge in [-0.1, -0.05) is 0 Å². The molecular formula is C15H18F3N5O. The van der Waals surface area contributed by atoms with Crippen LogP contribution in [0.2, 0.25) is 0 Å². The van der Waals surface area contributed by atoms with Crippen molar-refractivity contribution in [3.05, 3.63) is 35.7 Å². The second kappa shape index (κ2) is 6.29. The Balaban J connectivity index is 1.63. The maximum atomic E-state index is 12.6. The first kappa shape index (κ1) is 16.5. The number of halogens is 3. The van der Waals surface area contributed by atoms with Gasteiger partial charge >= 0.3 is 6.18 Å². The molecule has 24 heavy (non-hydrogen) atoms. The van der Waals surface area contributed by atoms with Crippen LogP contribution in [0.5, 0.6) is 0 Å². The zero-order valence-corrected chi connectivity index (χ0v) is 13.2. The average Bonchev–Trinajstić information content (AvgIpc) is 3.16. The summed E-state index contributed by atoms with van der Waals surface area (Å²) in [5.41, 5.74) is -0.0254. The third kappa shape index (κ3) is 3.60. The van der Waals surface area contributed by atoms with Crippen molar-refractivity contribution in [2.45, 2.75) is 38.4 Å². The van der Waals surface area contributed by atoms with E-state index in [1.807, 2.05) is 6.92 Å². The lowest BCUT2D eigenvalue weighted by Gasteiger charge is -2.31. The Morgan fingerprint density at radius 1 is 1.46 bits per heavy atom. The highest BCUT2D eigenvalue weighted by atomic mass is 19.4. The van der Waals surface area contributed by atoms with Crippen molar-refractivity contribution in [3.8, 4) is 0 Å². The number of H-pyrrole nitrogens is 1. The summed E-state index contributed by atoms with van der Waals surface area (Å²) >= 11 is 0. The minimum atomic E-state index is -4.50. The highest BCUT2D eigenvalue weighted by Gasteiger charge is 2.34. The zero-order chi connectivity index (χ0) is 17.3. The van der Waals surface area contributed by atoms with Crippen LogP contribution in [0.3, 0.4) is 0 Å². The number of aryl methyl sites for hydroxylation is 1. The number of nitrogens with one attached hydrogen (secondary N) is 1. The lowest BCUT2D eigenvalue weighted by atomic mass is 9.97. The van der Waals surface area contributed by atoms with Gasteiger partial charge in [0, 0.05) is 37.1 Å². The van der Waals surface area contributed by atoms with E-state index in [2.05, 4.69) is 15.1 Å². The summed E-state index contributed by atoms with van der Waals surface area (Å²) < 4.78 is 38.7. The van der Waals surface area contributed by atoms with Gasteiger partial charge in [-0.25, -0.2) is 4.98 Å². The molecule has 0 radical (unpaired) electrons. The number of hydrogen-bond acceptors (Lipinski definition) is 3. The van der Waals surface area contributed by atoms with Gasteiger partial charge in [0.05, 0.1) is 0 Å². The van der Waals surface area contributed by atoms with E-state index >= 15 is 0 Å². The van der Waals surface area contributed by atoms with Crippen molar-refractivity contribution in [3.63, 3.8) is 0 Å². The number of aromatic nitrogens is 4. The van der Waals surface area contributed by atoms with E-state index in [1.54, 1.807) is 11.1 Å². The van der Waals surface area contributed by atoms with Crippen LogP contribution in [0.1, 0.15) is 36.0 Å². The molecule has 130 valence electrons. The standard InChI is InChI=1S/C15H18F3N5O/c1-10-7-19-14(20-10)11-3-2-5-22(8-11)13(24)9-23-6-4-12(21-23)15(16,17)18/h4,6-7,11H,2-3,5,8-9H2,1H3,(H,19,20)/t11-/m0/s1. The summed E-state index contributed by atoms with van der Waals surface area (Å²) in [6.45, 7) is 2.83. The summed E-state index contributed by atoms with van der Waals surface area (Å²) in [5.74, 6) is 0.739. The van der Waals surface area contributed by atoms with Crippen LogP contribution in [0, 0.1) is 6.92 Å². The Morgan fingerprint density at radius 2 is 2.25 bits per heavy atom. The molecule has 1 aliphatic heterocycles. The van der Waals surface area contributed by atoms with Gasteiger partial charge in [0.15, 0.2) is 5.69 Å². The van der Waals surface area contributed by atoms with Crippen LogP contribution in [-0.4, -0.2) is 43.6 Å². The van der Waals surface area contributed by atoms with Gasteiger partial charge < -0.3 is 9.88 Å². The summed E-state index contributed by atoms with van der Waals surface area (Å²) in [4.78, 5) is 21.5. The highest BCUT2D eigenvalue weighted by Crippen LogP contribution is 2.27. The third-order valence-corrected chi connectivity index (χ3v) is 4.11. The number of piperidine rings is 1. The number of likely N-dealkylation sites (tertiary alicyclic amines) is 1. The van der Waals surface area contributed by atoms with E-state index in [0.717, 1.165) is 35.1 Å². The predicted molar refractivity (Wildman–Crippen MR) is 79.1 cm³/mol. The third-order valence-electron chi connectivity index (χ3n) is 4.11. The van der Waals surface area contributed by atoms with Gasteiger partial charge in [0.2, 0.25) is 5.91 Å². The second-order valence-electron chi connectivity index (χ2n) is 6.03. The molecule has 1 atom stereocenters. The fraction of sp³-hybridized carbons (Fsp3) is 0.533. The van der Waals surface area contributed by atoms with Crippen molar-refractivity contribution >= 4 is 5.91 Å². The van der Waals surface area contributed by atoms with E-state index in [4.69, 9.17) is 0 Å². The fourth-order valence-corrected chi connectivity index (χ4v) is 2.91. The number of carbonyl (C=O) groups is 1. The minimum Gasteiger partial charge on any atom is -0.346 e. The number of hydrogen-bond donors (Lipinski definition) is 1. The smallest absolute Gasteiger partial charge is 0.346 e. The van der Waals surface area contributed by atoms with Crippen molar-refractivity contribution in [2.75, 3.05) is 13.1 Å². The molecule has 0 saturated carbocycles.